The molecule has 2 aromatic rings. The fourth-order valence-corrected chi connectivity index (χ4v) is 2.86. The summed E-state index contributed by atoms with van der Waals surface area (Å²) in [5.41, 5.74) is 1.05. The first-order valence-corrected chi connectivity index (χ1v) is 6.12. The summed E-state index contributed by atoms with van der Waals surface area (Å²) in [6.45, 7) is 1.45. The second-order valence-corrected chi connectivity index (χ2v) is 5.49. The minimum absolute atomic E-state index is 0.124. The van der Waals surface area contributed by atoms with Crippen LogP contribution in [0.5, 0.6) is 0 Å². The van der Waals surface area contributed by atoms with Crippen LogP contribution in [0.15, 0.2) is 28.2 Å². The summed E-state index contributed by atoms with van der Waals surface area (Å²) in [5.74, 6) is -0.447. The van der Waals surface area contributed by atoms with E-state index in [0.29, 0.717) is 20.1 Å². The number of hydrogen-bond donors (Lipinski definition) is 0. The molecule has 0 spiro atoms. The van der Waals surface area contributed by atoms with E-state index in [1.54, 1.807) is 12.1 Å². The van der Waals surface area contributed by atoms with E-state index >= 15 is 0 Å². The summed E-state index contributed by atoms with van der Waals surface area (Å²) >= 11 is 4.55. The number of rotatable bonds is 2. The number of carbonyl (C=O) groups excluding carboxylic acids is 1. The molecule has 0 aliphatic heterocycles. The molecule has 0 unspecified atom stereocenters. The van der Waals surface area contributed by atoms with Gasteiger partial charge in [0.2, 0.25) is 0 Å². The van der Waals surface area contributed by atoms with Gasteiger partial charge < -0.3 is 0 Å². The summed E-state index contributed by atoms with van der Waals surface area (Å²) in [6.07, 6.45) is 0. The zero-order valence-corrected chi connectivity index (χ0v) is 10.7. The van der Waals surface area contributed by atoms with Gasteiger partial charge in [-0.25, -0.2) is 9.37 Å². The lowest BCUT2D eigenvalue weighted by molar-refractivity contribution is 0.101. The smallest absolute Gasteiger partial charge is 0.179 e. The van der Waals surface area contributed by atoms with Crippen LogP contribution in [0.25, 0.3) is 10.4 Å². The van der Waals surface area contributed by atoms with Gasteiger partial charge in [0.15, 0.2) is 9.70 Å². The van der Waals surface area contributed by atoms with E-state index in [1.807, 2.05) is 0 Å². The maximum Gasteiger partial charge on any atom is 0.179 e. The van der Waals surface area contributed by atoms with Gasteiger partial charge in [-0.3, -0.25) is 4.79 Å². The van der Waals surface area contributed by atoms with Crippen molar-refractivity contribution in [2.75, 3.05) is 0 Å². The number of carbonyl (C=O) groups is 1. The van der Waals surface area contributed by atoms with E-state index in [-0.39, 0.29) is 11.6 Å². The third-order valence-electron chi connectivity index (χ3n) is 2.02. The fourth-order valence-electron chi connectivity index (χ4n) is 1.36. The first kappa shape index (κ1) is 11.4. The maximum absolute atomic E-state index is 13.1. The Morgan fingerprint density at radius 2 is 2.25 bits per heavy atom. The largest absolute Gasteiger partial charge is 0.293 e. The zero-order valence-electron chi connectivity index (χ0n) is 8.33. The summed E-state index contributed by atoms with van der Waals surface area (Å²) in [5, 5.41) is 0. The molecule has 2 nitrogen and oxygen atoms in total. The molecule has 0 saturated carbocycles. The molecular weight excluding hydrogens is 293 g/mol. The average molecular weight is 300 g/mol. The molecule has 1 heterocycles. The van der Waals surface area contributed by atoms with E-state index in [4.69, 9.17) is 0 Å². The SMILES string of the molecule is CC(=O)c1nc(Br)sc1-c1cccc(F)c1. The van der Waals surface area contributed by atoms with Crippen LogP contribution in [0, 0.1) is 5.82 Å². The Morgan fingerprint density at radius 3 is 2.88 bits per heavy atom. The van der Waals surface area contributed by atoms with Crippen LogP contribution in [-0.4, -0.2) is 10.8 Å². The van der Waals surface area contributed by atoms with Gasteiger partial charge in [0, 0.05) is 6.92 Å². The van der Waals surface area contributed by atoms with Crippen LogP contribution >= 0.6 is 27.3 Å². The van der Waals surface area contributed by atoms with Crippen LogP contribution < -0.4 is 0 Å². The molecule has 0 radical (unpaired) electrons. The van der Waals surface area contributed by atoms with Crippen LogP contribution in [-0.2, 0) is 0 Å². The lowest BCUT2D eigenvalue weighted by Gasteiger charge is -1.99. The molecule has 0 fully saturated rings. The van der Waals surface area contributed by atoms with Crippen molar-refractivity contribution in [1.82, 2.24) is 4.98 Å². The van der Waals surface area contributed by atoms with Crippen molar-refractivity contribution in [1.29, 1.82) is 0 Å². The van der Waals surface area contributed by atoms with Crippen molar-refractivity contribution < 1.29 is 9.18 Å². The molecule has 0 saturated heterocycles. The number of ketones is 1. The lowest BCUT2D eigenvalue weighted by atomic mass is 10.1. The molecule has 2 rings (SSSR count). The molecule has 1 aromatic carbocycles. The van der Waals surface area contributed by atoms with E-state index in [0.717, 1.165) is 0 Å². The highest BCUT2D eigenvalue weighted by atomic mass is 79.9. The highest BCUT2D eigenvalue weighted by molar-refractivity contribution is 9.11. The molecular formula is C11H7BrFNOS. The number of benzene rings is 1. The molecule has 0 aliphatic carbocycles. The molecule has 16 heavy (non-hydrogen) atoms. The van der Waals surface area contributed by atoms with Crippen molar-refractivity contribution >= 4 is 33.0 Å². The second-order valence-electron chi connectivity index (χ2n) is 3.21. The summed E-state index contributed by atoms with van der Waals surface area (Å²) in [7, 11) is 0. The summed E-state index contributed by atoms with van der Waals surface area (Å²) < 4.78 is 13.7. The van der Waals surface area contributed by atoms with E-state index in [1.165, 1.54) is 30.4 Å². The van der Waals surface area contributed by atoms with Crippen molar-refractivity contribution in [3.05, 3.63) is 39.7 Å². The standard InChI is InChI=1S/C11H7BrFNOS/c1-6(15)9-10(16-11(12)14-9)7-3-2-4-8(13)5-7/h2-5H,1H3. The monoisotopic (exact) mass is 299 g/mol. The molecule has 0 N–H and O–H groups in total. The quantitative estimate of drug-likeness (QED) is 0.787. The minimum atomic E-state index is -0.323. The Hall–Kier alpha value is -1.07. The van der Waals surface area contributed by atoms with E-state index in [2.05, 4.69) is 20.9 Å². The number of aromatic nitrogens is 1. The minimum Gasteiger partial charge on any atom is -0.293 e. The number of nitrogens with zero attached hydrogens (tertiary/aromatic N) is 1. The second kappa shape index (κ2) is 4.43. The normalized spacial score (nSPS) is 10.4. The summed E-state index contributed by atoms with van der Waals surface area (Å²) in [4.78, 5) is 16.1. The van der Waals surface area contributed by atoms with Gasteiger partial charge in [-0.2, -0.15) is 0 Å². The van der Waals surface area contributed by atoms with Crippen LogP contribution in [0.4, 0.5) is 4.39 Å². The van der Waals surface area contributed by atoms with Gasteiger partial charge in [0.25, 0.3) is 0 Å². The number of thiazole rings is 1. The highest BCUT2D eigenvalue weighted by Gasteiger charge is 2.15. The van der Waals surface area contributed by atoms with Gasteiger partial charge in [0.05, 0.1) is 4.88 Å². The van der Waals surface area contributed by atoms with Crippen molar-refractivity contribution in [3.63, 3.8) is 0 Å². The van der Waals surface area contributed by atoms with Gasteiger partial charge in [-0.1, -0.05) is 12.1 Å². The molecule has 0 atom stereocenters. The molecule has 5 heteroatoms. The van der Waals surface area contributed by atoms with Gasteiger partial charge in [-0.15, -0.1) is 11.3 Å². The first-order valence-electron chi connectivity index (χ1n) is 4.51. The molecule has 1 aromatic heterocycles. The maximum atomic E-state index is 13.1. The fraction of sp³-hybridized carbons (Fsp3) is 0.0909. The number of Topliss-reactive ketones (excluding diaryl/α,β-unsaturated/α-hetero) is 1. The Kier molecular flexibility index (Phi) is 3.16. The van der Waals surface area contributed by atoms with Crippen molar-refractivity contribution in [2.24, 2.45) is 0 Å². The van der Waals surface area contributed by atoms with Gasteiger partial charge in [0.1, 0.15) is 11.5 Å². The van der Waals surface area contributed by atoms with Gasteiger partial charge >= 0.3 is 0 Å². The first-order chi connectivity index (χ1) is 7.58. The summed E-state index contributed by atoms with van der Waals surface area (Å²) in [6, 6.07) is 6.14. The number of hydrogen-bond acceptors (Lipinski definition) is 3. The van der Waals surface area contributed by atoms with E-state index < -0.39 is 0 Å². The Labute approximate surface area is 104 Å². The van der Waals surface area contributed by atoms with E-state index in [9.17, 15) is 9.18 Å². The zero-order chi connectivity index (χ0) is 11.7. The average Bonchev–Trinajstić information content (AvgIpc) is 2.60. The predicted octanol–water partition coefficient (Wildman–Crippen LogP) is 3.91. The topological polar surface area (TPSA) is 30.0 Å². The Bertz CT molecular complexity index is 553. The van der Waals surface area contributed by atoms with Crippen LogP contribution in [0.2, 0.25) is 0 Å². The third kappa shape index (κ3) is 2.20. The molecule has 82 valence electrons. The highest BCUT2D eigenvalue weighted by Crippen LogP contribution is 2.33. The third-order valence-corrected chi connectivity index (χ3v) is 3.58. The Morgan fingerprint density at radius 1 is 1.50 bits per heavy atom. The van der Waals surface area contributed by atoms with Crippen molar-refractivity contribution in [3.8, 4) is 10.4 Å². The Balaban J connectivity index is 2.59. The van der Waals surface area contributed by atoms with Gasteiger partial charge in [-0.05, 0) is 33.6 Å². The lowest BCUT2D eigenvalue weighted by Crippen LogP contribution is -1.94. The van der Waals surface area contributed by atoms with Crippen molar-refractivity contribution in [2.45, 2.75) is 6.92 Å². The van der Waals surface area contributed by atoms with Crippen LogP contribution in [0.1, 0.15) is 17.4 Å². The molecule has 0 bridgehead atoms. The molecule has 0 amide bonds. The number of halogens is 2. The molecule has 0 aliphatic rings. The predicted molar refractivity (Wildman–Crippen MR) is 65.2 cm³/mol. The van der Waals surface area contributed by atoms with Crippen LogP contribution in [0.3, 0.4) is 0 Å².